The lowest BCUT2D eigenvalue weighted by Crippen LogP contribution is -2.37. The van der Waals surface area contributed by atoms with Gasteiger partial charge in [0.1, 0.15) is 0 Å². The van der Waals surface area contributed by atoms with Crippen LogP contribution in [0.15, 0.2) is 12.7 Å². The van der Waals surface area contributed by atoms with Crippen LogP contribution < -0.4 is 0 Å². The van der Waals surface area contributed by atoms with Gasteiger partial charge in [-0.15, -0.1) is 0 Å². The van der Waals surface area contributed by atoms with Gasteiger partial charge in [-0.2, -0.15) is 11.8 Å². The highest BCUT2D eigenvalue weighted by Gasteiger charge is 2.39. The van der Waals surface area contributed by atoms with Crippen molar-refractivity contribution in [3.63, 3.8) is 0 Å². The largest absolute Gasteiger partial charge is 0.334 e. The molecule has 0 aromatic rings. The summed E-state index contributed by atoms with van der Waals surface area (Å²) in [6, 6.07) is 0.510. The predicted octanol–water partition coefficient (Wildman–Crippen LogP) is 0.889. The molecular formula is C8H11NOS. The first-order chi connectivity index (χ1) is 5.31. The van der Waals surface area contributed by atoms with Crippen molar-refractivity contribution < 1.29 is 4.79 Å². The molecule has 0 spiro atoms. The lowest BCUT2D eigenvalue weighted by molar-refractivity contribution is -0.126. The molecule has 2 heterocycles. The Morgan fingerprint density at radius 2 is 2.55 bits per heavy atom. The Morgan fingerprint density at radius 3 is 3.00 bits per heavy atom. The number of nitrogens with zero attached hydrogens (tertiary/aromatic N) is 1. The molecule has 0 N–H and O–H groups in total. The van der Waals surface area contributed by atoms with Crippen LogP contribution in [-0.2, 0) is 4.79 Å². The van der Waals surface area contributed by atoms with E-state index < -0.39 is 0 Å². The molecule has 0 radical (unpaired) electrons. The van der Waals surface area contributed by atoms with E-state index in [4.69, 9.17) is 0 Å². The minimum atomic E-state index is 0.109. The third-order valence-electron chi connectivity index (χ3n) is 2.36. The van der Waals surface area contributed by atoms with E-state index >= 15 is 0 Å². The van der Waals surface area contributed by atoms with Crippen LogP contribution in [0.5, 0.6) is 0 Å². The van der Waals surface area contributed by atoms with Crippen LogP contribution in [0.2, 0.25) is 0 Å². The predicted molar refractivity (Wildman–Crippen MR) is 46.6 cm³/mol. The second kappa shape index (κ2) is 2.55. The number of carbonyl (C=O) groups is 1. The van der Waals surface area contributed by atoms with Crippen molar-refractivity contribution in [1.82, 2.24) is 4.90 Å². The first kappa shape index (κ1) is 7.22. The number of hydrogen-bond acceptors (Lipinski definition) is 2. The number of rotatable bonds is 1. The molecule has 11 heavy (non-hydrogen) atoms. The van der Waals surface area contributed by atoms with Crippen molar-refractivity contribution >= 4 is 17.7 Å². The normalized spacial score (nSPS) is 34.4. The molecule has 2 bridgehead atoms. The fourth-order valence-corrected chi connectivity index (χ4v) is 3.22. The Labute approximate surface area is 70.6 Å². The van der Waals surface area contributed by atoms with Gasteiger partial charge < -0.3 is 4.90 Å². The maximum Gasteiger partial charge on any atom is 0.246 e. The van der Waals surface area contributed by atoms with E-state index in [0.717, 1.165) is 12.3 Å². The van der Waals surface area contributed by atoms with Crippen molar-refractivity contribution in [3.8, 4) is 0 Å². The molecule has 2 fully saturated rings. The number of thioether (sulfide) groups is 1. The zero-order chi connectivity index (χ0) is 7.84. The molecule has 0 aromatic carbocycles. The minimum absolute atomic E-state index is 0.109. The van der Waals surface area contributed by atoms with Gasteiger partial charge in [0.15, 0.2) is 0 Å². The standard InChI is InChI=1S/C8H11NOS/c1-2-8(10)9-4-7-3-6(9)5-11-7/h2,6-7H,1,3-5H2/t6-,7-/m0/s1. The van der Waals surface area contributed by atoms with E-state index in [-0.39, 0.29) is 5.91 Å². The molecule has 2 nitrogen and oxygen atoms in total. The monoisotopic (exact) mass is 169 g/mol. The number of likely N-dealkylation sites (tertiary alicyclic amines) is 1. The zero-order valence-corrected chi connectivity index (χ0v) is 7.14. The first-order valence-corrected chi connectivity index (χ1v) is 4.91. The van der Waals surface area contributed by atoms with Crippen LogP contribution in [0.3, 0.4) is 0 Å². The van der Waals surface area contributed by atoms with Gasteiger partial charge in [-0.05, 0) is 12.5 Å². The van der Waals surface area contributed by atoms with Crippen LogP contribution >= 0.6 is 11.8 Å². The highest BCUT2D eigenvalue weighted by molar-refractivity contribution is 8.00. The Balaban J connectivity index is 2.07. The van der Waals surface area contributed by atoms with Crippen LogP contribution in [0.25, 0.3) is 0 Å². The molecular weight excluding hydrogens is 158 g/mol. The van der Waals surface area contributed by atoms with Crippen LogP contribution in [0, 0.1) is 0 Å². The molecule has 2 aliphatic rings. The average Bonchev–Trinajstić information content (AvgIpc) is 2.62. The fourth-order valence-electron chi connectivity index (χ4n) is 1.79. The van der Waals surface area contributed by atoms with Gasteiger partial charge in [-0.1, -0.05) is 6.58 Å². The zero-order valence-electron chi connectivity index (χ0n) is 6.32. The smallest absolute Gasteiger partial charge is 0.246 e. The average molecular weight is 169 g/mol. The highest BCUT2D eigenvalue weighted by atomic mass is 32.2. The SMILES string of the molecule is C=CC(=O)N1C[C@@H]2C[C@H]1CS2. The summed E-state index contributed by atoms with van der Waals surface area (Å²) in [6.07, 6.45) is 2.62. The fraction of sp³-hybridized carbons (Fsp3) is 0.625. The van der Waals surface area contributed by atoms with E-state index in [9.17, 15) is 4.79 Å². The Bertz CT molecular complexity index is 204. The molecule has 60 valence electrons. The van der Waals surface area contributed by atoms with Gasteiger partial charge in [0, 0.05) is 23.6 Å². The van der Waals surface area contributed by atoms with Crippen molar-refractivity contribution in [2.24, 2.45) is 0 Å². The quantitative estimate of drug-likeness (QED) is 0.543. The molecule has 0 saturated carbocycles. The molecule has 3 heteroatoms. The molecule has 2 atom stereocenters. The maximum absolute atomic E-state index is 11.2. The second-order valence-electron chi connectivity index (χ2n) is 3.04. The number of fused-ring (bicyclic) bond motifs is 2. The number of carbonyl (C=O) groups excluding carboxylic acids is 1. The van der Waals surface area contributed by atoms with Crippen molar-refractivity contribution in [3.05, 3.63) is 12.7 Å². The third-order valence-corrected chi connectivity index (χ3v) is 3.75. The molecule has 2 rings (SSSR count). The molecule has 2 aliphatic heterocycles. The summed E-state index contributed by atoms with van der Waals surface area (Å²) in [6.45, 7) is 4.44. The van der Waals surface area contributed by atoms with Gasteiger partial charge in [0.2, 0.25) is 5.91 Å². The molecule has 1 amide bonds. The molecule has 2 saturated heterocycles. The Hall–Kier alpha value is -0.440. The Morgan fingerprint density at radius 1 is 1.73 bits per heavy atom. The number of amides is 1. The van der Waals surface area contributed by atoms with Gasteiger partial charge in [0.25, 0.3) is 0 Å². The lowest BCUT2D eigenvalue weighted by Gasteiger charge is -2.25. The molecule has 0 aromatic heterocycles. The van der Waals surface area contributed by atoms with E-state index in [0.29, 0.717) is 11.3 Å². The van der Waals surface area contributed by atoms with E-state index in [1.54, 1.807) is 0 Å². The van der Waals surface area contributed by atoms with Gasteiger partial charge in [-0.3, -0.25) is 4.79 Å². The summed E-state index contributed by atoms with van der Waals surface area (Å²) in [5.41, 5.74) is 0. The topological polar surface area (TPSA) is 20.3 Å². The summed E-state index contributed by atoms with van der Waals surface area (Å²) in [5, 5.41) is 0.712. The van der Waals surface area contributed by atoms with Gasteiger partial charge >= 0.3 is 0 Å². The van der Waals surface area contributed by atoms with Crippen LogP contribution in [0.4, 0.5) is 0 Å². The van der Waals surface area contributed by atoms with Crippen molar-refractivity contribution in [2.75, 3.05) is 12.3 Å². The minimum Gasteiger partial charge on any atom is -0.334 e. The second-order valence-corrected chi connectivity index (χ2v) is 4.37. The lowest BCUT2D eigenvalue weighted by atomic mass is 10.2. The molecule has 0 unspecified atom stereocenters. The number of hydrogen-bond donors (Lipinski definition) is 0. The van der Waals surface area contributed by atoms with E-state index in [1.165, 1.54) is 12.5 Å². The third kappa shape index (κ3) is 1.07. The Kier molecular flexibility index (Phi) is 1.68. The summed E-state index contributed by atoms with van der Waals surface area (Å²) in [5.74, 6) is 1.24. The maximum atomic E-state index is 11.2. The van der Waals surface area contributed by atoms with Gasteiger partial charge in [0.05, 0.1) is 0 Å². The van der Waals surface area contributed by atoms with Crippen LogP contribution in [-0.4, -0.2) is 34.4 Å². The molecule has 0 aliphatic carbocycles. The first-order valence-electron chi connectivity index (χ1n) is 3.86. The van der Waals surface area contributed by atoms with E-state index in [1.807, 2.05) is 16.7 Å². The van der Waals surface area contributed by atoms with Gasteiger partial charge in [-0.25, -0.2) is 0 Å². The van der Waals surface area contributed by atoms with Crippen LogP contribution in [0.1, 0.15) is 6.42 Å². The summed E-state index contributed by atoms with van der Waals surface area (Å²) >= 11 is 2.00. The summed E-state index contributed by atoms with van der Waals surface area (Å²) in [4.78, 5) is 13.2. The van der Waals surface area contributed by atoms with E-state index in [2.05, 4.69) is 6.58 Å². The summed E-state index contributed by atoms with van der Waals surface area (Å²) < 4.78 is 0. The van der Waals surface area contributed by atoms with Crippen molar-refractivity contribution in [2.45, 2.75) is 17.7 Å². The van der Waals surface area contributed by atoms with Crippen molar-refractivity contribution in [1.29, 1.82) is 0 Å². The summed E-state index contributed by atoms with van der Waals surface area (Å²) in [7, 11) is 0. The highest BCUT2D eigenvalue weighted by Crippen LogP contribution is 2.37.